The average molecular weight is 172 g/mol. The van der Waals surface area contributed by atoms with Crippen LogP contribution in [-0.2, 0) is 11.4 Å². The van der Waals surface area contributed by atoms with E-state index in [2.05, 4.69) is 4.74 Å². The summed E-state index contributed by atoms with van der Waals surface area (Å²) in [5.74, 6) is -0.375. The first-order chi connectivity index (χ1) is 5.77. The molecule has 4 heteroatoms. The van der Waals surface area contributed by atoms with E-state index < -0.39 is 12.6 Å². The summed E-state index contributed by atoms with van der Waals surface area (Å²) in [7, 11) is 0. The first-order valence-electron chi connectivity index (χ1n) is 3.59. The molecule has 3 nitrogen and oxygen atoms in total. The van der Waals surface area contributed by atoms with E-state index in [-0.39, 0.29) is 18.1 Å². The summed E-state index contributed by atoms with van der Waals surface area (Å²) in [4.78, 5) is 10.9. The summed E-state index contributed by atoms with van der Waals surface area (Å²) >= 11 is 0. The Hall–Kier alpha value is -1.32. The van der Waals surface area contributed by atoms with Gasteiger partial charge in [-0.05, 0) is 19.1 Å². The van der Waals surface area contributed by atoms with E-state index in [0.717, 1.165) is 0 Å². The van der Waals surface area contributed by atoms with Gasteiger partial charge in [0.2, 0.25) is 5.76 Å². The molecular weight excluding hydrogens is 163 g/mol. The van der Waals surface area contributed by atoms with Crippen molar-refractivity contribution in [1.29, 1.82) is 0 Å². The second kappa shape index (κ2) is 3.90. The molecule has 1 aromatic rings. The fraction of sp³-hybridized carbons (Fsp3) is 0.375. The van der Waals surface area contributed by atoms with Crippen molar-refractivity contribution in [2.45, 2.75) is 13.6 Å². The van der Waals surface area contributed by atoms with Crippen molar-refractivity contribution in [2.75, 3.05) is 6.61 Å². The van der Waals surface area contributed by atoms with Crippen LogP contribution in [-0.4, -0.2) is 12.6 Å². The molecule has 0 atom stereocenters. The molecule has 0 spiro atoms. The van der Waals surface area contributed by atoms with Gasteiger partial charge >= 0.3 is 5.97 Å². The van der Waals surface area contributed by atoms with Crippen molar-refractivity contribution in [2.24, 2.45) is 0 Å². The number of hydrogen-bond acceptors (Lipinski definition) is 3. The maximum absolute atomic E-state index is 11.9. The number of carbonyl (C=O) groups excluding carboxylic acids is 1. The van der Waals surface area contributed by atoms with Crippen molar-refractivity contribution in [3.05, 3.63) is 23.7 Å². The topological polar surface area (TPSA) is 39.4 Å². The lowest BCUT2D eigenvalue weighted by molar-refractivity contribution is 0.0487. The molecular formula is C8H9FO3. The normalized spacial score (nSPS) is 9.83. The molecule has 0 amide bonds. The Labute approximate surface area is 69.1 Å². The Morgan fingerprint density at radius 3 is 2.92 bits per heavy atom. The molecule has 12 heavy (non-hydrogen) atoms. The standard InChI is InChI=1S/C8H9FO3/c1-2-11-8(10)7-4-3-6(5-9)12-7/h3-4H,2,5H2,1H3. The van der Waals surface area contributed by atoms with Crippen LogP contribution in [0.5, 0.6) is 0 Å². The van der Waals surface area contributed by atoms with Crippen LogP contribution < -0.4 is 0 Å². The zero-order valence-electron chi connectivity index (χ0n) is 6.67. The fourth-order valence-corrected chi connectivity index (χ4v) is 0.762. The maximum Gasteiger partial charge on any atom is 0.374 e. The third-order valence-corrected chi connectivity index (χ3v) is 1.27. The highest BCUT2D eigenvalue weighted by Gasteiger charge is 2.11. The van der Waals surface area contributed by atoms with E-state index in [4.69, 9.17) is 4.42 Å². The fourth-order valence-electron chi connectivity index (χ4n) is 0.762. The number of alkyl halides is 1. The number of hydrogen-bond donors (Lipinski definition) is 0. The van der Waals surface area contributed by atoms with E-state index in [1.807, 2.05) is 0 Å². The Bertz CT molecular complexity index is 267. The second-order valence-electron chi connectivity index (χ2n) is 2.12. The quantitative estimate of drug-likeness (QED) is 0.654. The molecule has 1 heterocycles. The predicted molar refractivity (Wildman–Crippen MR) is 39.5 cm³/mol. The van der Waals surface area contributed by atoms with Crippen LogP contribution in [0, 0.1) is 0 Å². The molecule has 0 radical (unpaired) electrons. The minimum absolute atomic E-state index is 0.0458. The van der Waals surface area contributed by atoms with Crippen molar-refractivity contribution in [1.82, 2.24) is 0 Å². The lowest BCUT2D eigenvalue weighted by Crippen LogP contribution is -2.02. The largest absolute Gasteiger partial charge is 0.460 e. The Balaban J connectivity index is 2.68. The van der Waals surface area contributed by atoms with Gasteiger partial charge in [0.05, 0.1) is 6.61 Å². The number of rotatable bonds is 3. The van der Waals surface area contributed by atoms with Crippen LogP contribution in [0.2, 0.25) is 0 Å². The van der Waals surface area contributed by atoms with Gasteiger partial charge in [-0.2, -0.15) is 0 Å². The van der Waals surface area contributed by atoms with Crippen LogP contribution in [0.15, 0.2) is 16.5 Å². The smallest absolute Gasteiger partial charge is 0.374 e. The summed E-state index contributed by atoms with van der Waals surface area (Å²) in [5, 5.41) is 0. The van der Waals surface area contributed by atoms with Crippen molar-refractivity contribution < 1.29 is 18.3 Å². The average Bonchev–Trinajstić information content (AvgIpc) is 2.52. The number of carbonyl (C=O) groups is 1. The van der Waals surface area contributed by atoms with E-state index in [9.17, 15) is 9.18 Å². The first kappa shape index (κ1) is 8.77. The molecule has 1 aromatic heterocycles. The molecule has 0 aliphatic carbocycles. The number of halogens is 1. The van der Waals surface area contributed by atoms with Gasteiger partial charge in [-0.1, -0.05) is 0 Å². The summed E-state index contributed by atoms with van der Waals surface area (Å²) in [6.45, 7) is 1.26. The molecule has 0 bridgehead atoms. The second-order valence-corrected chi connectivity index (χ2v) is 2.12. The van der Waals surface area contributed by atoms with E-state index in [1.165, 1.54) is 12.1 Å². The van der Waals surface area contributed by atoms with E-state index in [0.29, 0.717) is 0 Å². The third kappa shape index (κ3) is 1.84. The van der Waals surface area contributed by atoms with Crippen LogP contribution >= 0.6 is 0 Å². The van der Waals surface area contributed by atoms with E-state index in [1.54, 1.807) is 6.92 Å². The monoisotopic (exact) mass is 172 g/mol. The van der Waals surface area contributed by atoms with Gasteiger partial charge < -0.3 is 9.15 Å². The zero-order valence-corrected chi connectivity index (χ0v) is 6.67. The molecule has 0 fully saturated rings. The highest BCUT2D eigenvalue weighted by atomic mass is 19.1. The lowest BCUT2D eigenvalue weighted by Gasteiger charge is -1.95. The highest BCUT2D eigenvalue weighted by Crippen LogP contribution is 2.09. The molecule has 0 N–H and O–H groups in total. The Morgan fingerprint density at radius 1 is 1.67 bits per heavy atom. The molecule has 0 aromatic carbocycles. The summed E-state index contributed by atoms with van der Waals surface area (Å²) in [5.41, 5.74) is 0. The maximum atomic E-state index is 11.9. The van der Waals surface area contributed by atoms with Crippen molar-refractivity contribution in [3.8, 4) is 0 Å². The van der Waals surface area contributed by atoms with Gasteiger partial charge in [-0.3, -0.25) is 0 Å². The van der Waals surface area contributed by atoms with Crippen LogP contribution in [0.3, 0.4) is 0 Å². The van der Waals surface area contributed by atoms with Crippen molar-refractivity contribution >= 4 is 5.97 Å². The third-order valence-electron chi connectivity index (χ3n) is 1.27. The zero-order chi connectivity index (χ0) is 8.97. The van der Waals surface area contributed by atoms with Gasteiger partial charge in [0.25, 0.3) is 0 Å². The number of furan rings is 1. The highest BCUT2D eigenvalue weighted by molar-refractivity contribution is 5.86. The molecule has 0 unspecified atom stereocenters. The van der Waals surface area contributed by atoms with Crippen LogP contribution in [0.25, 0.3) is 0 Å². The molecule has 0 aliphatic rings. The van der Waals surface area contributed by atoms with Crippen molar-refractivity contribution in [3.63, 3.8) is 0 Å². The molecule has 66 valence electrons. The van der Waals surface area contributed by atoms with Gasteiger partial charge in [0, 0.05) is 0 Å². The molecule has 0 aliphatic heterocycles. The Morgan fingerprint density at radius 2 is 2.42 bits per heavy atom. The van der Waals surface area contributed by atoms with Gasteiger partial charge in [-0.25, -0.2) is 9.18 Å². The van der Waals surface area contributed by atoms with Gasteiger partial charge in [0.1, 0.15) is 12.4 Å². The predicted octanol–water partition coefficient (Wildman–Crippen LogP) is 1.93. The SMILES string of the molecule is CCOC(=O)c1ccc(CF)o1. The van der Waals surface area contributed by atoms with Gasteiger partial charge in [-0.15, -0.1) is 0 Å². The number of esters is 1. The summed E-state index contributed by atoms with van der Waals surface area (Å²) < 4.78 is 21.4. The first-order valence-corrected chi connectivity index (χ1v) is 3.59. The molecule has 0 saturated heterocycles. The van der Waals surface area contributed by atoms with Gasteiger partial charge in [0.15, 0.2) is 0 Å². The van der Waals surface area contributed by atoms with Crippen LogP contribution in [0.1, 0.15) is 23.2 Å². The molecule has 0 saturated carbocycles. The van der Waals surface area contributed by atoms with E-state index >= 15 is 0 Å². The minimum Gasteiger partial charge on any atom is -0.460 e. The lowest BCUT2D eigenvalue weighted by atomic mass is 10.4. The summed E-state index contributed by atoms with van der Waals surface area (Å²) in [6.07, 6.45) is 0. The minimum atomic E-state index is -0.709. The Kier molecular flexibility index (Phi) is 2.85. The molecule has 1 rings (SSSR count). The summed E-state index contributed by atoms with van der Waals surface area (Å²) in [6, 6.07) is 2.80. The number of ether oxygens (including phenoxy) is 1. The van der Waals surface area contributed by atoms with Crippen LogP contribution in [0.4, 0.5) is 4.39 Å².